The minimum atomic E-state index is 0.415. The number of nitriles is 1. The standard InChI is InChI=1S/C12H15N3/c13-7-9-1-3-12(4-2-9)15-8-10-5-11(14)6-10/h1-4,10-11,15H,5-6,8,14H2. The van der Waals surface area contributed by atoms with Gasteiger partial charge in [-0.05, 0) is 43.0 Å². The molecule has 15 heavy (non-hydrogen) atoms. The Balaban J connectivity index is 1.81. The molecule has 0 spiro atoms. The Labute approximate surface area is 89.9 Å². The van der Waals surface area contributed by atoms with E-state index in [9.17, 15) is 0 Å². The van der Waals surface area contributed by atoms with Gasteiger partial charge < -0.3 is 11.1 Å². The molecule has 2 rings (SSSR count). The summed E-state index contributed by atoms with van der Waals surface area (Å²) in [6, 6.07) is 10.1. The summed E-state index contributed by atoms with van der Waals surface area (Å²) in [5.41, 5.74) is 7.49. The molecule has 1 aromatic rings. The molecule has 78 valence electrons. The highest BCUT2D eigenvalue weighted by Gasteiger charge is 2.25. The first-order chi connectivity index (χ1) is 7.28. The zero-order valence-corrected chi connectivity index (χ0v) is 8.61. The number of hydrogen-bond acceptors (Lipinski definition) is 3. The van der Waals surface area contributed by atoms with E-state index < -0.39 is 0 Å². The predicted molar refractivity (Wildman–Crippen MR) is 60.3 cm³/mol. The monoisotopic (exact) mass is 201 g/mol. The van der Waals surface area contributed by atoms with Crippen molar-refractivity contribution in [1.29, 1.82) is 5.26 Å². The fourth-order valence-corrected chi connectivity index (χ4v) is 1.88. The summed E-state index contributed by atoms with van der Waals surface area (Å²) >= 11 is 0. The van der Waals surface area contributed by atoms with Gasteiger partial charge in [0.25, 0.3) is 0 Å². The van der Waals surface area contributed by atoms with E-state index in [0.29, 0.717) is 11.6 Å². The van der Waals surface area contributed by atoms with Crippen molar-refractivity contribution in [3.63, 3.8) is 0 Å². The molecular formula is C12H15N3. The van der Waals surface area contributed by atoms with Crippen LogP contribution in [0.4, 0.5) is 5.69 Å². The van der Waals surface area contributed by atoms with Crippen molar-refractivity contribution in [3.8, 4) is 6.07 Å². The Bertz CT molecular complexity index is 357. The van der Waals surface area contributed by atoms with Crippen LogP contribution in [0, 0.1) is 17.2 Å². The number of anilines is 1. The summed E-state index contributed by atoms with van der Waals surface area (Å²) in [5, 5.41) is 12.0. The topological polar surface area (TPSA) is 61.8 Å². The van der Waals surface area contributed by atoms with Crippen LogP contribution in [-0.2, 0) is 0 Å². The first-order valence-electron chi connectivity index (χ1n) is 5.27. The van der Waals surface area contributed by atoms with Crippen molar-refractivity contribution in [2.75, 3.05) is 11.9 Å². The fraction of sp³-hybridized carbons (Fsp3) is 0.417. The molecule has 0 radical (unpaired) electrons. The molecule has 3 N–H and O–H groups in total. The third-order valence-electron chi connectivity index (χ3n) is 2.88. The molecule has 0 atom stereocenters. The lowest BCUT2D eigenvalue weighted by Gasteiger charge is -2.32. The zero-order valence-electron chi connectivity index (χ0n) is 8.61. The van der Waals surface area contributed by atoms with Crippen LogP contribution in [0.2, 0.25) is 0 Å². The van der Waals surface area contributed by atoms with Crippen LogP contribution in [0.1, 0.15) is 18.4 Å². The van der Waals surface area contributed by atoms with Gasteiger partial charge in [0.1, 0.15) is 0 Å². The maximum atomic E-state index is 8.64. The molecule has 1 aliphatic rings. The first kappa shape index (κ1) is 10.0. The van der Waals surface area contributed by atoms with E-state index in [4.69, 9.17) is 11.0 Å². The van der Waals surface area contributed by atoms with Crippen LogP contribution in [0.5, 0.6) is 0 Å². The lowest BCUT2D eigenvalue weighted by Crippen LogP contribution is -2.39. The Kier molecular flexibility index (Phi) is 2.89. The predicted octanol–water partition coefficient (Wildman–Crippen LogP) is 1.71. The number of nitrogens with two attached hydrogens (primary N) is 1. The lowest BCUT2D eigenvalue weighted by atomic mass is 9.81. The van der Waals surface area contributed by atoms with Gasteiger partial charge >= 0.3 is 0 Å². The molecule has 0 heterocycles. The fourth-order valence-electron chi connectivity index (χ4n) is 1.88. The third-order valence-corrected chi connectivity index (χ3v) is 2.88. The molecule has 3 heteroatoms. The normalized spacial score (nSPS) is 24.0. The summed E-state index contributed by atoms with van der Waals surface area (Å²) in [4.78, 5) is 0. The van der Waals surface area contributed by atoms with Gasteiger partial charge in [-0.3, -0.25) is 0 Å². The van der Waals surface area contributed by atoms with Crippen molar-refractivity contribution in [1.82, 2.24) is 0 Å². The largest absolute Gasteiger partial charge is 0.385 e. The van der Waals surface area contributed by atoms with Crippen molar-refractivity contribution < 1.29 is 0 Å². The van der Waals surface area contributed by atoms with E-state index in [1.807, 2.05) is 24.3 Å². The average molecular weight is 201 g/mol. The molecule has 1 fully saturated rings. The van der Waals surface area contributed by atoms with E-state index in [1.54, 1.807) is 0 Å². The Hall–Kier alpha value is -1.53. The summed E-state index contributed by atoms with van der Waals surface area (Å²) in [6.45, 7) is 0.986. The molecule has 1 aliphatic carbocycles. The molecular weight excluding hydrogens is 186 g/mol. The number of hydrogen-bond donors (Lipinski definition) is 2. The van der Waals surface area contributed by atoms with Gasteiger partial charge in [0.2, 0.25) is 0 Å². The molecule has 1 aromatic carbocycles. The lowest BCUT2D eigenvalue weighted by molar-refractivity contribution is 0.280. The number of nitrogens with zero attached hydrogens (tertiary/aromatic N) is 1. The van der Waals surface area contributed by atoms with Crippen LogP contribution in [0.3, 0.4) is 0 Å². The van der Waals surface area contributed by atoms with E-state index >= 15 is 0 Å². The van der Waals surface area contributed by atoms with Crippen molar-refractivity contribution in [3.05, 3.63) is 29.8 Å². The SMILES string of the molecule is N#Cc1ccc(NCC2CC(N)C2)cc1. The maximum Gasteiger partial charge on any atom is 0.0991 e. The highest BCUT2D eigenvalue weighted by Crippen LogP contribution is 2.25. The summed E-state index contributed by atoms with van der Waals surface area (Å²) in [6.07, 6.45) is 2.26. The molecule has 0 aromatic heterocycles. The Morgan fingerprint density at radius 2 is 2.00 bits per heavy atom. The Morgan fingerprint density at radius 1 is 1.33 bits per heavy atom. The van der Waals surface area contributed by atoms with E-state index in [2.05, 4.69) is 11.4 Å². The van der Waals surface area contributed by atoms with Crippen LogP contribution >= 0.6 is 0 Å². The molecule has 0 aliphatic heterocycles. The minimum absolute atomic E-state index is 0.415. The summed E-state index contributed by atoms with van der Waals surface area (Å²) in [7, 11) is 0. The van der Waals surface area contributed by atoms with Crippen molar-refractivity contribution >= 4 is 5.69 Å². The van der Waals surface area contributed by atoms with Gasteiger partial charge in [-0.25, -0.2) is 0 Å². The molecule has 0 saturated heterocycles. The zero-order chi connectivity index (χ0) is 10.7. The highest BCUT2D eigenvalue weighted by molar-refractivity contribution is 5.47. The molecule has 3 nitrogen and oxygen atoms in total. The van der Waals surface area contributed by atoms with Gasteiger partial charge in [0.05, 0.1) is 11.6 Å². The van der Waals surface area contributed by atoms with Gasteiger partial charge in [-0.15, -0.1) is 0 Å². The van der Waals surface area contributed by atoms with E-state index in [-0.39, 0.29) is 0 Å². The van der Waals surface area contributed by atoms with Crippen molar-refractivity contribution in [2.45, 2.75) is 18.9 Å². The molecule has 0 unspecified atom stereocenters. The number of rotatable bonds is 3. The van der Waals surface area contributed by atoms with Crippen LogP contribution in [0.25, 0.3) is 0 Å². The minimum Gasteiger partial charge on any atom is -0.385 e. The Morgan fingerprint density at radius 3 is 2.53 bits per heavy atom. The molecule has 1 saturated carbocycles. The van der Waals surface area contributed by atoms with Crippen LogP contribution < -0.4 is 11.1 Å². The average Bonchev–Trinajstić information content (AvgIpc) is 2.23. The molecule has 0 amide bonds. The quantitative estimate of drug-likeness (QED) is 0.782. The highest BCUT2D eigenvalue weighted by atomic mass is 14.9. The third kappa shape index (κ3) is 2.48. The first-order valence-corrected chi connectivity index (χ1v) is 5.27. The van der Waals surface area contributed by atoms with Gasteiger partial charge in [-0.1, -0.05) is 0 Å². The van der Waals surface area contributed by atoms with Crippen LogP contribution in [0.15, 0.2) is 24.3 Å². The smallest absolute Gasteiger partial charge is 0.0991 e. The summed E-state index contributed by atoms with van der Waals surface area (Å²) < 4.78 is 0. The molecule has 0 bridgehead atoms. The van der Waals surface area contributed by atoms with E-state index in [1.165, 1.54) is 0 Å². The van der Waals surface area contributed by atoms with Crippen LogP contribution in [-0.4, -0.2) is 12.6 Å². The van der Waals surface area contributed by atoms with E-state index in [0.717, 1.165) is 31.0 Å². The second kappa shape index (κ2) is 4.33. The van der Waals surface area contributed by atoms with Gasteiger partial charge in [0.15, 0.2) is 0 Å². The van der Waals surface area contributed by atoms with Crippen molar-refractivity contribution in [2.24, 2.45) is 11.7 Å². The van der Waals surface area contributed by atoms with Gasteiger partial charge in [-0.2, -0.15) is 5.26 Å². The maximum absolute atomic E-state index is 8.64. The number of benzene rings is 1. The number of nitrogens with one attached hydrogen (secondary N) is 1. The second-order valence-electron chi connectivity index (χ2n) is 4.17. The van der Waals surface area contributed by atoms with Gasteiger partial charge in [0, 0.05) is 18.3 Å². The second-order valence-corrected chi connectivity index (χ2v) is 4.17. The summed E-state index contributed by atoms with van der Waals surface area (Å²) in [5.74, 6) is 0.718.